The third-order valence-electron chi connectivity index (χ3n) is 2.18. The van der Waals surface area contributed by atoms with Gasteiger partial charge in [-0.25, -0.2) is 0 Å². The lowest BCUT2D eigenvalue weighted by Crippen LogP contribution is -2.10. The zero-order valence-electron chi connectivity index (χ0n) is 9.25. The van der Waals surface area contributed by atoms with Crippen molar-refractivity contribution in [3.8, 4) is 0 Å². The highest BCUT2D eigenvalue weighted by atomic mass is 32.1. The summed E-state index contributed by atoms with van der Waals surface area (Å²) in [6.45, 7) is 0.128. The molecule has 3 nitrogen and oxygen atoms in total. The summed E-state index contributed by atoms with van der Waals surface area (Å²) in [4.78, 5) is 0.615. The van der Waals surface area contributed by atoms with Crippen LogP contribution in [0.25, 0.3) is 0 Å². The fourth-order valence-corrected chi connectivity index (χ4v) is 2.12. The molecule has 0 aromatic carbocycles. The number of hydrogen-bond donors (Lipinski definition) is 1. The molecule has 0 saturated heterocycles. The maximum atomic E-state index is 12.7. The third kappa shape index (κ3) is 2.81. The molecule has 0 amide bonds. The van der Waals surface area contributed by atoms with Crippen LogP contribution in [0.3, 0.4) is 0 Å². The molecule has 0 radical (unpaired) electrons. The predicted molar refractivity (Wildman–Crippen MR) is 59.8 cm³/mol. The van der Waals surface area contributed by atoms with Gasteiger partial charge in [-0.05, 0) is 12.1 Å². The largest absolute Gasteiger partial charge is 0.437 e. The van der Waals surface area contributed by atoms with E-state index in [2.05, 4.69) is 10.4 Å². The molecule has 18 heavy (non-hydrogen) atoms. The highest BCUT2D eigenvalue weighted by Gasteiger charge is 2.37. The second kappa shape index (κ2) is 4.60. The first-order chi connectivity index (χ1) is 8.36. The van der Waals surface area contributed by atoms with Gasteiger partial charge in [0.05, 0.1) is 5.69 Å². The fourth-order valence-electron chi connectivity index (χ4n) is 1.46. The molecule has 0 unspecified atom stereocenters. The Labute approximate surface area is 104 Å². The van der Waals surface area contributed by atoms with Crippen LogP contribution in [0, 0.1) is 5.13 Å². The van der Waals surface area contributed by atoms with Gasteiger partial charge in [0.25, 0.3) is 0 Å². The summed E-state index contributed by atoms with van der Waals surface area (Å²) in [6, 6.07) is 2.80. The minimum absolute atomic E-state index is 0.112. The first-order valence-corrected chi connectivity index (χ1v) is 5.77. The summed E-state index contributed by atoms with van der Waals surface area (Å²) >= 11 is 0.890. The van der Waals surface area contributed by atoms with Crippen LogP contribution in [-0.2, 0) is 19.8 Å². The zero-order chi connectivity index (χ0) is 13.3. The Morgan fingerprint density at radius 3 is 2.67 bits per heavy atom. The van der Waals surface area contributed by atoms with Crippen molar-refractivity contribution in [1.82, 2.24) is 9.78 Å². The number of rotatable bonds is 3. The quantitative estimate of drug-likeness (QED) is 0.874. The molecule has 2 aromatic heterocycles. The Hall–Kier alpha value is -1.57. The van der Waals surface area contributed by atoms with Crippen molar-refractivity contribution >= 4 is 17.0 Å². The number of halogens is 4. The molecule has 98 valence electrons. The van der Waals surface area contributed by atoms with E-state index in [1.54, 1.807) is 0 Å². The summed E-state index contributed by atoms with van der Waals surface area (Å²) in [5.41, 5.74) is -1.08. The van der Waals surface area contributed by atoms with Crippen molar-refractivity contribution in [3.63, 3.8) is 0 Å². The molecule has 1 N–H and O–H groups in total. The average Bonchev–Trinajstić information content (AvgIpc) is 2.81. The van der Waals surface area contributed by atoms with E-state index >= 15 is 0 Å². The number of hydrogen-bond acceptors (Lipinski definition) is 3. The molecule has 0 bridgehead atoms. The van der Waals surface area contributed by atoms with E-state index < -0.39 is 11.9 Å². The number of nitrogens with zero attached hydrogens (tertiary/aromatic N) is 2. The summed E-state index contributed by atoms with van der Waals surface area (Å²) in [6.07, 6.45) is -3.27. The molecule has 0 aliphatic carbocycles. The first-order valence-electron chi connectivity index (χ1n) is 4.95. The molecule has 0 fully saturated rings. The van der Waals surface area contributed by atoms with Gasteiger partial charge < -0.3 is 5.32 Å². The normalized spacial score (nSPS) is 11.8. The van der Waals surface area contributed by atoms with Crippen LogP contribution in [0.5, 0.6) is 0 Å². The second-order valence-corrected chi connectivity index (χ2v) is 4.74. The van der Waals surface area contributed by atoms with E-state index in [9.17, 15) is 17.6 Å². The van der Waals surface area contributed by atoms with Crippen molar-refractivity contribution in [1.29, 1.82) is 0 Å². The molecule has 0 spiro atoms. The molecule has 0 aliphatic rings. The van der Waals surface area contributed by atoms with E-state index in [1.807, 2.05) is 0 Å². The van der Waals surface area contributed by atoms with Crippen LogP contribution in [0.1, 0.15) is 10.6 Å². The summed E-state index contributed by atoms with van der Waals surface area (Å²) in [7, 11) is 1.41. The monoisotopic (exact) mass is 279 g/mol. The molecule has 2 rings (SSSR count). The highest BCUT2D eigenvalue weighted by molar-refractivity contribution is 7.10. The van der Waals surface area contributed by atoms with E-state index in [0.717, 1.165) is 16.0 Å². The number of aromatic nitrogens is 2. The molecule has 0 saturated carbocycles. The lowest BCUT2D eigenvalue weighted by Gasteiger charge is -2.07. The third-order valence-corrected chi connectivity index (χ3v) is 3.05. The minimum Gasteiger partial charge on any atom is -0.377 e. The summed E-state index contributed by atoms with van der Waals surface area (Å²) in [5, 5.41) is 5.60. The van der Waals surface area contributed by atoms with E-state index in [4.69, 9.17) is 0 Å². The Bertz CT molecular complexity index is 544. The van der Waals surface area contributed by atoms with Crippen LogP contribution in [-0.4, -0.2) is 9.78 Å². The summed E-state index contributed by atoms with van der Waals surface area (Å²) in [5.74, 6) is 0. The van der Waals surface area contributed by atoms with Crippen molar-refractivity contribution in [2.75, 3.05) is 5.32 Å². The number of thiophene rings is 1. The van der Waals surface area contributed by atoms with Crippen molar-refractivity contribution in [3.05, 3.63) is 34.0 Å². The highest BCUT2D eigenvalue weighted by Crippen LogP contribution is 2.33. The number of alkyl halides is 3. The van der Waals surface area contributed by atoms with Crippen LogP contribution in [0.2, 0.25) is 0 Å². The van der Waals surface area contributed by atoms with E-state index in [-0.39, 0.29) is 17.4 Å². The first kappa shape index (κ1) is 12.9. The minimum atomic E-state index is -4.51. The molecule has 0 atom stereocenters. The van der Waals surface area contributed by atoms with Crippen LogP contribution in [0.15, 0.2) is 18.3 Å². The standard InChI is InChI=1S/C10H9F4N3S/c1-17-5-7(9(16-17)10(12,13)14)15-4-6-2-3-8(11)18-6/h2-3,5,15H,4H2,1H3. The lowest BCUT2D eigenvalue weighted by molar-refractivity contribution is -0.140. The van der Waals surface area contributed by atoms with Gasteiger partial charge in [0.1, 0.15) is 0 Å². The molecule has 2 aromatic rings. The second-order valence-electron chi connectivity index (χ2n) is 3.62. The number of aryl methyl sites for hydroxylation is 1. The van der Waals surface area contributed by atoms with Gasteiger partial charge in [0.15, 0.2) is 10.8 Å². The van der Waals surface area contributed by atoms with Gasteiger partial charge in [-0.2, -0.15) is 22.7 Å². The van der Waals surface area contributed by atoms with Gasteiger partial charge in [-0.15, -0.1) is 11.3 Å². The SMILES string of the molecule is Cn1cc(NCc2ccc(F)s2)c(C(F)(F)F)n1. The van der Waals surface area contributed by atoms with Crippen LogP contribution < -0.4 is 5.32 Å². The molecular weight excluding hydrogens is 270 g/mol. The van der Waals surface area contributed by atoms with Gasteiger partial charge in [0.2, 0.25) is 0 Å². The predicted octanol–water partition coefficient (Wildman–Crippen LogP) is 3.25. The van der Waals surface area contributed by atoms with Crippen molar-refractivity contribution < 1.29 is 17.6 Å². The Balaban J connectivity index is 2.14. The molecule has 8 heteroatoms. The fraction of sp³-hybridized carbons (Fsp3) is 0.300. The van der Waals surface area contributed by atoms with Crippen molar-refractivity contribution in [2.24, 2.45) is 7.05 Å². The van der Waals surface area contributed by atoms with E-state index in [0.29, 0.717) is 4.88 Å². The smallest absolute Gasteiger partial charge is 0.377 e. The zero-order valence-corrected chi connectivity index (χ0v) is 10.1. The lowest BCUT2D eigenvalue weighted by atomic mass is 10.3. The maximum Gasteiger partial charge on any atom is 0.437 e. The average molecular weight is 279 g/mol. The Morgan fingerprint density at radius 2 is 2.11 bits per heavy atom. The van der Waals surface area contributed by atoms with E-state index in [1.165, 1.54) is 25.4 Å². The topological polar surface area (TPSA) is 29.9 Å². The Morgan fingerprint density at radius 1 is 1.39 bits per heavy atom. The van der Waals surface area contributed by atoms with Gasteiger partial charge in [-0.3, -0.25) is 4.68 Å². The van der Waals surface area contributed by atoms with Gasteiger partial charge in [-0.1, -0.05) is 0 Å². The summed E-state index contributed by atoms with van der Waals surface area (Å²) < 4.78 is 51.7. The van der Waals surface area contributed by atoms with Crippen molar-refractivity contribution in [2.45, 2.75) is 12.7 Å². The molecule has 2 heterocycles. The Kier molecular flexibility index (Phi) is 3.29. The van der Waals surface area contributed by atoms with Gasteiger partial charge in [0, 0.05) is 24.7 Å². The molecule has 0 aliphatic heterocycles. The number of nitrogens with one attached hydrogen (secondary N) is 1. The molecular formula is C10H9F4N3S. The maximum absolute atomic E-state index is 12.7. The van der Waals surface area contributed by atoms with Crippen LogP contribution >= 0.6 is 11.3 Å². The number of anilines is 1. The van der Waals surface area contributed by atoms with Gasteiger partial charge >= 0.3 is 6.18 Å². The van der Waals surface area contributed by atoms with Crippen LogP contribution in [0.4, 0.5) is 23.2 Å².